The van der Waals surface area contributed by atoms with Gasteiger partial charge < -0.3 is 4.74 Å². The average Bonchev–Trinajstić information content (AvgIpc) is 3.06. The van der Waals surface area contributed by atoms with E-state index in [2.05, 4.69) is 29.3 Å². The fourth-order valence-electron chi connectivity index (χ4n) is 2.80. The van der Waals surface area contributed by atoms with Crippen LogP contribution in [0, 0.1) is 6.92 Å². The molecule has 0 spiro atoms. The van der Waals surface area contributed by atoms with Gasteiger partial charge in [-0.05, 0) is 43.7 Å². The van der Waals surface area contributed by atoms with Gasteiger partial charge in [0.05, 0.1) is 12.3 Å². The first kappa shape index (κ1) is 15.9. The van der Waals surface area contributed by atoms with E-state index >= 15 is 0 Å². The normalized spacial score (nSPS) is 13.3. The van der Waals surface area contributed by atoms with E-state index in [0.29, 0.717) is 6.61 Å². The molecule has 2 heterocycles. The maximum absolute atomic E-state index is 5.50. The fourth-order valence-corrected chi connectivity index (χ4v) is 3.63. The standard InChI is InChI=1S/C19H18N4OS/c1-3-24-15-10-8-14(9-11-15)18-20-21-19-23(18)22-17(12-25-19)16-7-5-4-6-13(16)2/h4-11H,3,12H2,1-2H3. The van der Waals surface area contributed by atoms with Gasteiger partial charge in [0.1, 0.15) is 5.75 Å². The molecule has 0 saturated carbocycles. The Morgan fingerprint density at radius 1 is 1.08 bits per heavy atom. The summed E-state index contributed by atoms with van der Waals surface area (Å²) in [7, 11) is 0. The molecule has 0 fully saturated rings. The molecule has 3 aromatic rings. The summed E-state index contributed by atoms with van der Waals surface area (Å²) in [6, 6.07) is 16.2. The number of thioether (sulfide) groups is 1. The van der Waals surface area contributed by atoms with E-state index in [4.69, 9.17) is 9.84 Å². The highest BCUT2D eigenvalue weighted by atomic mass is 32.2. The number of hydrogen-bond acceptors (Lipinski definition) is 5. The molecule has 0 atom stereocenters. The van der Waals surface area contributed by atoms with Crippen molar-refractivity contribution in [1.29, 1.82) is 0 Å². The Hall–Kier alpha value is -2.60. The van der Waals surface area contributed by atoms with Crippen molar-refractivity contribution < 1.29 is 4.74 Å². The van der Waals surface area contributed by atoms with E-state index in [-0.39, 0.29) is 0 Å². The van der Waals surface area contributed by atoms with Crippen molar-refractivity contribution in [3.05, 3.63) is 59.7 Å². The first-order chi connectivity index (χ1) is 12.3. The maximum atomic E-state index is 5.50. The van der Waals surface area contributed by atoms with Crippen LogP contribution in [0.15, 0.2) is 58.8 Å². The molecule has 0 radical (unpaired) electrons. The first-order valence-corrected chi connectivity index (χ1v) is 9.20. The number of benzene rings is 2. The lowest BCUT2D eigenvalue weighted by Gasteiger charge is -2.15. The second-order valence-corrected chi connectivity index (χ2v) is 6.67. The highest BCUT2D eigenvalue weighted by molar-refractivity contribution is 7.99. The Labute approximate surface area is 150 Å². The molecule has 6 heteroatoms. The van der Waals surface area contributed by atoms with Crippen LogP contribution >= 0.6 is 11.8 Å². The Kier molecular flexibility index (Phi) is 4.28. The molecule has 0 bridgehead atoms. The fraction of sp³-hybridized carbons (Fsp3) is 0.211. The third kappa shape index (κ3) is 3.05. The van der Waals surface area contributed by atoms with Crippen LogP contribution in [-0.2, 0) is 0 Å². The van der Waals surface area contributed by atoms with Crippen molar-refractivity contribution in [2.45, 2.75) is 19.0 Å². The summed E-state index contributed by atoms with van der Waals surface area (Å²) in [6.45, 7) is 4.74. The molecule has 2 aromatic carbocycles. The Morgan fingerprint density at radius 2 is 1.88 bits per heavy atom. The lowest BCUT2D eigenvalue weighted by molar-refractivity contribution is 0.340. The minimum Gasteiger partial charge on any atom is -0.494 e. The molecule has 0 amide bonds. The second kappa shape index (κ2) is 6.72. The zero-order valence-electron chi connectivity index (χ0n) is 14.1. The predicted octanol–water partition coefficient (Wildman–Crippen LogP) is 4.01. The van der Waals surface area contributed by atoms with Crippen molar-refractivity contribution in [2.75, 3.05) is 12.4 Å². The number of rotatable bonds is 4. The van der Waals surface area contributed by atoms with Crippen LogP contribution in [0.1, 0.15) is 18.1 Å². The van der Waals surface area contributed by atoms with Crippen LogP contribution in [-0.4, -0.2) is 32.9 Å². The predicted molar refractivity (Wildman–Crippen MR) is 100 cm³/mol. The third-order valence-electron chi connectivity index (χ3n) is 4.05. The molecule has 5 nitrogen and oxygen atoms in total. The van der Waals surface area contributed by atoms with Crippen LogP contribution < -0.4 is 4.74 Å². The van der Waals surface area contributed by atoms with E-state index in [0.717, 1.165) is 33.8 Å². The van der Waals surface area contributed by atoms with Crippen molar-refractivity contribution >= 4 is 17.5 Å². The van der Waals surface area contributed by atoms with Crippen molar-refractivity contribution in [3.63, 3.8) is 0 Å². The molecular weight excluding hydrogens is 332 g/mol. The van der Waals surface area contributed by atoms with Gasteiger partial charge in [-0.1, -0.05) is 36.0 Å². The molecule has 25 heavy (non-hydrogen) atoms. The van der Waals surface area contributed by atoms with Gasteiger partial charge in [0.25, 0.3) is 0 Å². The number of nitrogens with zero attached hydrogens (tertiary/aromatic N) is 4. The van der Waals surface area contributed by atoms with Gasteiger partial charge in [-0.3, -0.25) is 0 Å². The van der Waals surface area contributed by atoms with E-state index < -0.39 is 0 Å². The molecule has 1 aliphatic heterocycles. The van der Waals surface area contributed by atoms with Gasteiger partial charge in [0, 0.05) is 16.9 Å². The molecule has 1 aromatic heterocycles. The van der Waals surface area contributed by atoms with Gasteiger partial charge in [-0.2, -0.15) is 9.78 Å². The molecule has 0 saturated heterocycles. The van der Waals surface area contributed by atoms with Gasteiger partial charge in [-0.25, -0.2) is 0 Å². The van der Waals surface area contributed by atoms with E-state index in [1.54, 1.807) is 11.8 Å². The van der Waals surface area contributed by atoms with Gasteiger partial charge in [0.2, 0.25) is 5.16 Å². The van der Waals surface area contributed by atoms with Crippen LogP contribution in [0.2, 0.25) is 0 Å². The van der Waals surface area contributed by atoms with Gasteiger partial charge in [0.15, 0.2) is 5.82 Å². The number of hydrogen-bond donors (Lipinski definition) is 0. The van der Waals surface area contributed by atoms with Crippen molar-refractivity contribution in [1.82, 2.24) is 14.9 Å². The number of ether oxygens (including phenoxy) is 1. The molecule has 4 rings (SSSR count). The van der Waals surface area contributed by atoms with Gasteiger partial charge >= 0.3 is 0 Å². The number of fused-ring (bicyclic) bond motifs is 1. The zero-order valence-corrected chi connectivity index (χ0v) is 15.0. The summed E-state index contributed by atoms with van der Waals surface area (Å²) in [5.41, 5.74) is 4.41. The van der Waals surface area contributed by atoms with Gasteiger partial charge in [-0.15, -0.1) is 10.2 Å². The highest BCUT2D eigenvalue weighted by Crippen LogP contribution is 2.29. The van der Waals surface area contributed by atoms with Crippen LogP contribution in [0.25, 0.3) is 11.4 Å². The minimum absolute atomic E-state index is 0.653. The topological polar surface area (TPSA) is 52.3 Å². The summed E-state index contributed by atoms with van der Waals surface area (Å²) in [5.74, 6) is 2.39. The van der Waals surface area contributed by atoms with Crippen LogP contribution in [0.4, 0.5) is 0 Å². The smallest absolute Gasteiger partial charge is 0.212 e. The summed E-state index contributed by atoms with van der Waals surface area (Å²) in [6.07, 6.45) is 0. The maximum Gasteiger partial charge on any atom is 0.212 e. The first-order valence-electron chi connectivity index (χ1n) is 8.21. The SMILES string of the molecule is CCOc1ccc(-c2nnc3n2N=C(c2ccccc2C)CS3)cc1. The summed E-state index contributed by atoms with van der Waals surface area (Å²) >= 11 is 1.66. The Balaban J connectivity index is 1.73. The quantitative estimate of drug-likeness (QED) is 0.713. The second-order valence-electron chi connectivity index (χ2n) is 5.73. The average molecular weight is 350 g/mol. The monoisotopic (exact) mass is 350 g/mol. The summed E-state index contributed by atoms with van der Waals surface area (Å²) in [5, 5.41) is 14.3. The number of aromatic nitrogens is 3. The van der Waals surface area contributed by atoms with Crippen molar-refractivity contribution in [3.8, 4) is 17.1 Å². The lowest BCUT2D eigenvalue weighted by atomic mass is 10.1. The van der Waals surface area contributed by atoms with Crippen LogP contribution in [0.3, 0.4) is 0 Å². The molecule has 0 aliphatic carbocycles. The molecular formula is C19H18N4OS. The number of aryl methyl sites for hydroxylation is 1. The van der Waals surface area contributed by atoms with E-state index in [1.165, 1.54) is 11.1 Å². The molecule has 126 valence electrons. The molecule has 0 N–H and O–H groups in total. The largest absolute Gasteiger partial charge is 0.494 e. The van der Waals surface area contributed by atoms with Crippen LogP contribution in [0.5, 0.6) is 5.75 Å². The summed E-state index contributed by atoms with van der Waals surface area (Å²) < 4.78 is 7.34. The summed E-state index contributed by atoms with van der Waals surface area (Å²) in [4.78, 5) is 0. The molecule has 0 unspecified atom stereocenters. The highest BCUT2D eigenvalue weighted by Gasteiger charge is 2.21. The minimum atomic E-state index is 0.653. The van der Waals surface area contributed by atoms with E-state index in [9.17, 15) is 0 Å². The van der Waals surface area contributed by atoms with Crippen molar-refractivity contribution in [2.24, 2.45) is 5.10 Å². The van der Waals surface area contributed by atoms with E-state index in [1.807, 2.05) is 48.0 Å². The lowest BCUT2D eigenvalue weighted by Crippen LogP contribution is -2.14. The third-order valence-corrected chi connectivity index (χ3v) is 4.98. The Bertz CT molecular complexity index is 931. The zero-order chi connectivity index (χ0) is 17.2. The molecule has 1 aliphatic rings. The Morgan fingerprint density at radius 3 is 2.64 bits per heavy atom.